The van der Waals surface area contributed by atoms with Crippen LogP contribution in [0.2, 0.25) is 5.02 Å². The van der Waals surface area contributed by atoms with E-state index in [9.17, 15) is 14.4 Å². The van der Waals surface area contributed by atoms with Gasteiger partial charge in [0.2, 0.25) is 5.91 Å². The van der Waals surface area contributed by atoms with E-state index in [0.29, 0.717) is 35.3 Å². The molecule has 0 radical (unpaired) electrons. The Kier molecular flexibility index (Phi) is 8.59. The van der Waals surface area contributed by atoms with Gasteiger partial charge in [0.25, 0.3) is 5.56 Å². The number of nitrogens with zero attached hydrogens (tertiary/aromatic N) is 2. The molecule has 0 atom stereocenters. The summed E-state index contributed by atoms with van der Waals surface area (Å²) in [6.45, 7) is 4.52. The molecule has 10 heteroatoms. The van der Waals surface area contributed by atoms with Crippen molar-refractivity contribution in [2.75, 3.05) is 36.1 Å². The molecule has 1 amide bonds. The smallest absolute Gasteiger partial charge is 0.330 e. The van der Waals surface area contributed by atoms with Crippen LogP contribution in [0.25, 0.3) is 0 Å². The first-order chi connectivity index (χ1) is 16.7. The molecule has 0 aliphatic rings. The number of ether oxygens (including phenoxy) is 1. The first-order valence-corrected chi connectivity index (χ1v) is 11.6. The Morgan fingerprint density at radius 2 is 1.91 bits per heavy atom. The lowest BCUT2D eigenvalue weighted by Gasteiger charge is -2.26. The Hall–Kier alpha value is -3.72. The van der Waals surface area contributed by atoms with Crippen LogP contribution >= 0.6 is 11.6 Å². The van der Waals surface area contributed by atoms with Gasteiger partial charge < -0.3 is 20.7 Å². The van der Waals surface area contributed by atoms with Crippen LogP contribution in [-0.4, -0.2) is 35.7 Å². The number of H-pyrrole nitrogens is 1. The predicted octanol–water partition coefficient (Wildman–Crippen LogP) is 3.32. The first-order valence-electron chi connectivity index (χ1n) is 11.2. The molecule has 3 aromatic rings. The third-order valence-electron chi connectivity index (χ3n) is 5.46. The minimum atomic E-state index is -0.638. The number of benzene rings is 2. The van der Waals surface area contributed by atoms with Crippen LogP contribution in [0.3, 0.4) is 0 Å². The fraction of sp³-hybridized carbons (Fsp3) is 0.320. The monoisotopic (exact) mass is 499 g/mol. The van der Waals surface area contributed by atoms with Gasteiger partial charge >= 0.3 is 5.69 Å². The number of hydrogen-bond acceptors (Lipinski definition) is 6. The van der Waals surface area contributed by atoms with Crippen molar-refractivity contribution in [2.45, 2.75) is 26.8 Å². The highest BCUT2D eigenvalue weighted by atomic mass is 35.5. The van der Waals surface area contributed by atoms with E-state index in [2.05, 4.69) is 10.3 Å². The molecule has 4 N–H and O–H groups in total. The summed E-state index contributed by atoms with van der Waals surface area (Å²) >= 11 is 6.16. The van der Waals surface area contributed by atoms with E-state index in [1.165, 1.54) is 11.7 Å². The first kappa shape index (κ1) is 25.9. The SMILES string of the molecule is COc1ccc(NC(=O)CN(CCC(C)C)c2c(N)n(Cc3ccccc3)c(=O)[nH]c2=O)cc1Cl. The molecule has 2 aromatic carbocycles. The average molecular weight is 500 g/mol. The van der Waals surface area contributed by atoms with Gasteiger partial charge in [0, 0.05) is 12.2 Å². The molecule has 9 nitrogen and oxygen atoms in total. The molecule has 0 aliphatic heterocycles. The van der Waals surface area contributed by atoms with Gasteiger partial charge in [-0.1, -0.05) is 55.8 Å². The second kappa shape index (κ2) is 11.6. The maximum atomic E-state index is 12.9. The molecule has 0 aliphatic carbocycles. The fourth-order valence-corrected chi connectivity index (χ4v) is 3.87. The Bertz CT molecular complexity index is 1290. The average Bonchev–Trinajstić information content (AvgIpc) is 2.80. The van der Waals surface area contributed by atoms with Crippen molar-refractivity contribution in [3.8, 4) is 5.75 Å². The number of rotatable bonds is 10. The fourth-order valence-electron chi connectivity index (χ4n) is 3.61. The quantitative estimate of drug-likeness (QED) is 0.393. The van der Waals surface area contributed by atoms with Gasteiger partial charge in [-0.2, -0.15) is 0 Å². The molecule has 3 rings (SSSR count). The van der Waals surface area contributed by atoms with Crippen LogP contribution in [0, 0.1) is 5.92 Å². The zero-order chi connectivity index (χ0) is 25.5. The molecule has 0 unspecified atom stereocenters. The topological polar surface area (TPSA) is 122 Å². The van der Waals surface area contributed by atoms with E-state index in [4.69, 9.17) is 22.1 Å². The highest BCUT2D eigenvalue weighted by Gasteiger charge is 2.22. The predicted molar refractivity (Wildman–Crippen MR) is 140 cm³/mol. The maximum absolute atomic E-state index is 12.9. The van der Waals surface area contributed by atoms with Crippen molar-refractivity contribution < 1.29 is 9.53 Å². The number of nitrogen functional groups attached to an aromatic ring is 1. The normalized spacial score (nSPS) is 10.9. The minimum absolute atomic E-state index is 0.00616. The molecule has 35 heavy (non-hydrogen) atoms. The largest absolute Gasteiger partial charge is 0.495 e. The molecule has 0 bridgehead atoms. The number of carbonyl (C=O) groups excluding carboxylic acids is 1. The summed E-state index contributed by atoms with van der Waals surface area (Å²) in [5, 5.41) is 3.14. The molecule has 0 spiro atoms. The van der Waals surface area contributed by atoms with E-state index in [1.807, 2.05) is 44.2 Å². The van der Waals surface area contributed by atoms with Gasteiger partial charge in [0.15, 0.2) is 0 Å². The van der Waals surface area contributed by atoms with Crippen LogP contribution in [-0.2, 0) is 11.3 Å². The van der Waals surface area contributed by atoms with E-state index < -0.39 is 11.2 Å². The number of carbonyl (C=O) groups is 1. The molecule has 0 fully saturated rings. The number of anilines is 3. The number of amides is 1. The summed E-state index contributed by atoms with van der Waals surface area (Å²) in [6, 6.07) is 14.2. The van der Waals surface area contributed by atoms with Gasteiger partial charge in [-0.25, -0.2) is 4.79 Å². The van der Waals surface area contributed by atoms with E-state index in [-0.39, 0.29) is 30.5 Å². The number of nitrogens with one attached hydrogen (secondary N) is 2. The lowest BCUT2D eigenvalue weighted by Crippen LogP contribution is -2.42. The van der Waals surface area contributed by atoms with Gasteiger partial charge in [-0.15, -0.1) is 0 Å². The van der Waals surface area contributed by atoms with Gasteiger partial charge in [-0.05, 0) is 36.1 Å². The summed E-state index contributed by atoms with van der Waals surface area (Å²) in [7, 11) is 1.51. The number of halogens is 1. The second-order valence-corrected chi connectivity index (χ2v) is 8.97. The molecular formula is C25H30ClN5O4. The lowest BCUT2D eigenvalue weighted by molar-refractivity contribution is -0.115. The van der Waals surface area contributed by atoms with Crippen molar-refractivity contribution in [2.24, 2.45) is 5.92 Å². The van der Waals surface area contributed by atoms with Crippen LogP contribution in [0.5, 0.6) is 5.75 Å². The third kappa shape index (κ3) is 6.66. The van der Waals surface area contributed by atoms with Crippen molar-refractivity contribution in [3.05, 3.63) is 80.0 Å². The Morgan fingerprint density at radius 1 is 1.20 bits per heavy atom. The molecule has 1 heterocycles. The number of aromatic amines is 1. The van der Waals surface area contributed by atoms with Crippen molar-refractivity contribution in [1.82, 2.24) is 9.55 Å². The van der Waals surface area contributed by atoms with E-state index in [0.717, 1.165) is 5.56 Å². The Labute approximate surface area is 208 Å². The summed E-state index contributed by atoms with van der Waals surface area (Å²) in [5.74, 6) is 0.445. The second-order valence-electron chi connectivity index (χ2n) is 8.57. The molecule has 0 saturated carbocycles. The highest BCUT2D eigenvalue weighted by Crippen LogP contribution is 2.27. The molecule has 186 valence electrons. The van der Waals surface area contributed by atoms with Crippen molar-refractivity contribution in [3.63, 3.8) is 0 Å². The van der Waals surface area contributed by atoms with Crippen LogP contribution in [0.15, 0.2) is 58.1 Å². The van der Waals surface area contributed by atoms with Crippen LogP contribution in [0.4, 0.5) is 17.2 Å². The maximum Gasteiger partial charge on any atom is 0.330 e. The number of nitrogens with two attached hydrogens (primary N) is 1. The van der Waals surface area contributed by atoms with E-state index in [1.54, 1.807) is 23.1 Å². The Morgan fingerprint density at radius 3 is 2.54 bits per heavy atom. The molecular weight excluding hydrogens is 470 g/mol. The van der Waals surface area contributed by atoms with Gasteiger partial charge in [-0.3, -0.25) is 19.1 Å². The minimum Gasteiger partial charge on any atom is -0.495 e. The zero-order valence-corrected chi connectivity index (χ0v) is 20.8. The van der Waals surface area contributed by atoms with Gasteiger partial charge in [0.05, 0.1) is 25.2 Å². The highest BCUT2D eigenvalue weighted by molar-refractivity contribution is 6.32. The van der Waals surface area contributed by atoms with Crippen molar-refractivity contribution >= 4 is 34.7 Å². The van der Waals surface area contributed by atoms with Gasteiger partial charge in [0.1, 0.15) is 17.3 Å². The standard InChI is InChI=1S/C25H30ClN5O4/c1-16(2)11-12-30(15-21(32)28-18-9-10-20(35-3)19(26)13-18)22-23(27)31(25(34)29-24(22)33)14-17-7-5-4-6-8-17/h4-10,13,16H,11-12,14-15,27H2,1-3H3,(H,28,32)(H,29,33,34). The Balaban J connectivity index is 1.92. The van der Waals surface area contributed by atoms with Crippen molar-refractivity contribution in [1.29, 1.82) is 0 Å². The molecule has 0 saturated heterocycles. The lowest BCUT2D eigenvalue weighted by atomic mass is 10.1. The number of methoxy groups -OCH3 is 1. The van der Waals surface area contributed by atoms with Crippen LogP contribution in [0.1, 0.15) is 25.8 Å². The number of hydrogen-bond donors (Lipinski definition) is 3. The number of aromatic nitrogens is 2. The summed E-state index contributed by atoms with van der Waals surface area (Å²) in [6.07, 6.45) is 0.707. The third-order valence-corrected chi connectivity index (χ3v) is 5.76. The van der Waals surface area contributed by atoms with Crippen LogP contribution < -0.4 is 31.9 Å². The summed E-state index contributed by atoms with van der Waals surface area (Å²) in [4.78, 5) is 42.3. The van der Waals surface area contributed by atoms with E-state index >= 15 is 0 Å². The zero-order valence-electron chi connectivity index (χ0n) is 20.0. The summed E-state index contributed by atoms with van der Waals surface area (Å²) in [5.41, 5.74) is 6.53. The summed E-state index contributed by atoms with van der Waals surface area (Å²) < 4.78 is 6.44. The molecule has 1 aromatic heterocycles.